The molecule has 2 aromatic rings. The molecule has 1 fully saturated rings. The number of nitrogens with one attached hydrogen (secondary N) is 1. The lowest BCUT2D eigenvalue weighted by Crippen LogP contribution is -2.39. The molecule has 1 aliphatic carbocycles. The minimum absolute atomic E-state index is 0.0263. The van der Waals surface area contributed by atoms with Crippen LogP contribution in [-0.2, 0) is 12.8 Å². The van der Waals surface area contributed by atoms with Crippen LogP contribution in [0, 0.1) is 0 Å². The SMILES string of the molecule is CCc1ccc2nc(CC3(N)CCCC3)[nH]c2c1. The van der Waals surface area contributed by atoms with Crippen molar-refractivity contribution in [2.75, 3.05) is 0 Å². The molecular weight excluding hydrogens is 222 g/mol. The number of nitrogens with two attached hydrogens (primary N) is 1. The number of aromatic nitrogens is 2. The molecule has 3 heteroatoms. The van der Waals surface area contributed by atoms with Gasteiger partial charge in [-0.15, -0.1) is 0 Å². The van der Waals surface area contributed by atoms with Gasteiger partial charge in [0.1, 0.15) is 5.82 Å². The molecule has 0 bridgehead atoms. The Morgan fingerprint density at radius 1 is 1.33 bits per heavy atom. The number of aryl methyl sites for hydroxylation is 1. The van der Waals surface area contributed by atoms with Gasteiger partial charge in [-0.2, -0.15) is 0 Å². The van der Waals surface area contributed by atoms with E-state index < -0.39 is 0 Å². The first-order valence-corrected chi connectivity index (χ1v) is 6.95. The highest BCUT2D eigenvalue weighted by molar-refractivity contribution is 5.75. The molecule has 3 N–H and O–H groups in total. The number of hydrogen-bond donors (Lipinski definition) is 2. The molecule has 1 aliphatic rings. The van der Waals surface area contributed by atoms with Crippen LogP contribution < -0.4 is 5.73 Å². The zero-order valence-electron chi connectivity index (χ0n) is 11.0. The maximum absolute atomic E-state index is 6.41. The van der Waals surface area contributed by atoms with Crippen LogP contribution in [-0.4, -0.2) is 15.5 Å². The second-order valence-corrected chi connectivity index (χ2v) is 5.63. The van der Waals surface area contributed by atoms with Crippen LogP contribution in [0.15, 0.2) is 18.2 Å². The molecule has 0 aliphatic heterocycles. The zero-order chi connectivity index (χ0) is 12.6. The van der Waals surface area contributed by atoms with E-state index in [9.17, 15) is 0 Å². The second-order valence-electron chi connectivity index (χ2n) is 5.63. The molecule has 0 amide bonds. The van der Waals surface area contributed by atoms with E-state index in [0.29, 0.717) is 0 Å². The Hall–Kier alpha value is -1.35. The fraction of sp³-hybridized carbons (Fsp3) is 0.533. The Bertz CT molecular complexity index is 550. The lowest BCUT2D eigenvalue weighted by molar-refractivity contribution is 0.428. The summed E-state index contributed by atoms with van der Waals surface area (Å²) in [6, 6.07) is 6.45. The molecule has 0 unspecified atom stereocenters. The highest BCUT2D eigenvalue weighted by Crippen LogP contribution is 2.30. The van der Waals surface area contributed by atoms with E-state index in [0.717, 1.165) is 42.5 Å². The maximum Gasteiger partial charge on any atom is 0.109 e. The second kappa shape index (κ2) is 4.39. The molecule has 0 spiro atoms. The first kappa shape index (κ1) is 11.7. The number of H-pyrrole nitrogens is 1. The molecule has 3 rings (SSSR count). The lowest BCUT2D eigenvalue weighted by atomic mass is 9.94. The summed E-state index contributed by atoms with van der Waals surface area (Å²) in [7, 11) is 0. The monoisotopic (exact) mass is 243 g/mol. The quantitative estimate of drug-likeness (QED) is 0.870. The summed E-state index contributed by atoms with van der Waals surface area (Å²) in [5.74, 6) is 1.04. The van der Waals surface area contributed by atoms with Crippen molar-refractivity contribution >= 4 is 11.0 Å². The van der Waals surface area contributed by atoms with Gasteiger partial charge in [-0.3, -0.25) is 0 Å². The molecule has 1 aromatic carbocycles. The van der Waals surface area contributed by atoms with Gasteiger partial charge in [0.15, 0.2) is 0 Å². The topological polar surface area (TPSA) is 54.7 Å². The van der Waals surface area contributed by atoms with Crippen LogP contribution in [0.4, 0.5) is 0 Å². The Balaban J connectivity index is 1.88. The van der Waals surface area contributed by atoms with Crippen molar-refractivity contribution in [1.29, 1.82) is 0 Å². The van der Waals surface area contributed by atoms with Crippen molar-refractivity contribution in [2.45, 2.75) is 51.0 Å². The number of imidazole rings is 1. The molecule has 0 atom stereocenters. The molecular formula is C15H21N3. The summed E-state index contributed by atoms with van der Waals surface area (Å²) in [5.41, 5.74) is 9.93. The van der Waals surface area contributed by atoms with E-state index in [1.165, 1.54) is 18.4 Å². The normalized spacial score (nSPS) is 18.6. The number of benzene rings is 1. The van der Waals surface area contributed by atoms with Crippen molar-refractivity contribution < 1.29 is 0 Å². The first-order chi connectivity index (χ1) is 8.68. The first-order valence-electron chi connectivity index (χ1n) is 6.95. The van der Waals surface area contributed by atoms with E-state index >= 15 is 0 Å². The summed E-state index contributed by atoms with van der Waals surface area (Å²) in [6.07, 6.45) is 6.72. The van der Waals surface area contributed by atoms with E-state index in [2.05, 4.69) is 35.1 Å². The van der Waals surface area contributed by atoms with Gasteiger partial charge in [-0.05, 0) is 37.0 Å². The van der Waals surface area contributed by atoms with Gasteiger partial charge in [0, 0.05) is 12.0 Å². The van der Waals surface area contributed by atoms with Crippen LogP contribution in [0.2, 0.25) is 0 Å². The Labute approximate surface area is 108 Å². The molecule has 0 saturated heterocycles. The predicted molar refractivity (Wildman–Crippen MR) is 74.6 cm³/mol. The van der Waals surface area contributed by atoms with Crippen molar-refractivity contribution in [1.82, 2.24) is 9.97 Å². The largest absolute Gasteiger partial charge is 0.342 e. The van der Waals surface area contributed by atoms with Crippen LogP contribution in [0.25, 0.3) is 11.0 Å². The molecule has 1 heterocycles. The highest BCUT2D eigenvalue weighted by atomic mass is 14.9. The van der Waals surface area contributed by atoms with Crippen LogP contribution in [0.5, 0.6) is 0 Å². The number of nitrogens with zero attached hydrogens (tertiary/aromatic N) is 1. The van der Waals surface area contributed by atoms with Crippen molar-refractivity contribution in [3.8, 4) is 0 Å². The molecule has 3 nitrogen and oxygen atoms in total. The Morgan fingerprint density at radius 2 is 2.11 bits per heavy atom. The lowest BCUT2D eigenvalue weighted by Gasteiger charge is -2.21. The average molecular weight is 243 g/mol. The molecule has 1 aromatic heterocycles. The van der Waals surface area contributed by atoms with Gasteiger partial charge in [0.2, 0.25) is 0 Å². The van der Waals surface area contributed by atoms with E-state index in [1.54, 1.807) is 0 Å². The fourth-order valence-corrected chi connectivity index (χ4v) is 3.00. The minimum Gasteiger partial charge on any atom is -0.342 e. The van der Waals surface area contributed by atoms with Crippen molar-refractivity contribution in [2.24, 2.45) is 5.73 Å². The van der Waals surface area contributed by atoms with E-state index in [1.807, 2.05) is 0 Å². The maximum atomic E-state index is 6.41. The highest BCUT2D eigenvalue weighted by Gasteiger charge is 2.30. The minimum atomic E-state index is -0.0263. The van der Waals surface area contributed by atoms with Gasteiger partial charge in [0.05, 0.1) is 11.0 Å². The summed E-state index contributed by atoms with van der Waals surface area (Å²) in [5, 5.41) is 0. The third-order valence-electron chi connectivity index (χ3n) is 4.12. The third-order valence-corrected chi connectivity index (χ3v) is 4.12. The fourth-order valence-electron chi connectivity index (χ4n) is 3.00. The molecule has 1 saturated carbocycles. The van der Waals surface area contributed by atoms with Gasteiger partial charge in [0.25, 0.3) is 0 Å². The van der Waals surface area contributed by atoms with E-state index in [-0.39, 0.29) is 5.54 Å². The standard InChI is InChI=1S/C15H21N3/c1-2-11-5-6-12-13(9-11)18-14(17-12)10-15(16)7-3-4-8-15/h5-6,9H,2-4,7-8,10,16H2,1H3,(H,17,18). The molecule has 96 valence electrons. The Morgan fingerprint density at radius 3 is 2.83 bits per heavy atom. The smallest absolute Gasteiger partial charge is 0.109 e. The van der Waals surface area contributed by atoms with Crippen molar-refractivity contribution in [3.05, 3.63) is 29.6 Å². The molecule has 0 radical (unpaired) electrons. The summed E-state index contributed by atoms with van der Waals surface area (Å²) < 4.78 is 0. The van der Waals surface area contributed by atoms with Crippen LogP contribution in [0.1, 0.15) is 44.0 Å². The number of aromatic amines is 1. The zero-order valence-corrected chi connectivity index (χ0v) is 11.0. The average Bonchev–Trinajstić information content (AvgIpc) is 2.94. The van der Waals surface area contributed by atoms with Gasteiger partial charge >= 0.3 is 0 Å². The molecule has 18 heavy (non-hydrogen) atoms. The van der Waals surface area contributed by atoms with Gasteiger partial charge < -0.3 is 10.7 Å². The van der Waals surface area contributed by atoms with Gasteiger partial charge in [-0.1, -0.05) is 25.8 Å². The predicted octanol–water partition coefficient (Wildman–Crippen LogP) is 2.94. The van der Waals surface area contributed by atoms with Crippen LogP contribution in [0.3, 0.4) is 0 Å². The third kappa shape index (κ3) is 2.15. The number of hydrogen-bond acceptors (Lipinski definition) is 2. The van der Waals surface area contributed by atoms with E-state index in [4.69, 9.17) is 5.73 Å². The summed E-state index contributed by atoms with van der Waals surface area (Å²) in [6.45, 7) is 2.17. The number of fused-ring (bicyclic) bond motifs is 1. The number of rotatable bonds is 3. The summed E-state index contributed by atoms with van der Waals surface area (Å²) in [4.78, 5) is 8.09. The van der Waals surface area contributed by atoms with Crippen LogP contribution >= 0.6 is 0 Å². The summed E-state index contributed by atoms with van der Waals surface area (Å²) >= 11 is 0. The van der Waals surface area contributed by atoms with Gasteiger partial charge in [-0.25, -0.2) is 4.98 Å². The van der Waals surface area contributed by atoms with Crippen molar-refractivity contribution in [3.63, 3.8) is 0 Å². The Kier molecular flexibility index (Phi) is 2.86.